The number of alkyl halides is 9. The van der Waals surface area contributed by atoms with Crippen molar-refractivity contribution < 1.29 is 186 Å². The van der Waals surface area contributed by atoms with Crippen molar-refractivity contribution in [2.45, 2.75) is 251 Å². The molecule has 714 valence electrons. The molecule has 3 unspecified atom stereocenters. The molecule has 3 atom stereocenters. The van der Waals surface area contributed by atoms with E-state index in [1.165, 1.54) is 50.2 Å². The second-order valence-corrected chi connectivity index (χ2v) is 37.7. The third kappa shape index (κ3) is 26.7. The van der Waals surface area contributed by atoms with Gasteiger partial charge in [-0.2, -0.15) is 34.8 Å². The van der Waals surface area contributed by atoms with E-state index in [0.29, 0.717) is 50.2 Å². The number of amides is 5. The van der Waals surface area contributed by atoms with Crippen molar-refractivity contribution in [3.63, 3.8) is 0 Å². The summed E-state index contributed by atoms with van der Waals surface area (Å²) in [7, 11) is -6.33. The number of alkyl carbamates (subject to hydrolysis) is 4. The Morgan fingerprint density at radius 1 is 0.465 bits per heavy atom. The number of pyridine rings is 3. The minimum absolute atomic E-state index is 0. The normalized spacial score (nSPS) is 19.1. The van der Waals surface area contributed by atoms with E-state index in [0.717, 1.165) is 9.47 Å². The first-order chi connectivity index (χ1) is 58.1. The number of hydrogen-bond donors (Lipinski definition) is 6. The molecule has 0 radical (unpaired) electrons. The molecule has 6 aliphatic rings. The third-order valence-corrected chi connectivity index (χ3v) is 21.6. The van der Waals surface area contributed by atoms with Gasteiger partial charge in [-0.15, -0.1) is 0 Å². The van der Waals surface area contributed by atoms with Crippen molar-refractivity contribution in [2.24, 2.45) is 5.73 Å². The van der Waals surface area contributed by atoms with Crippen molar-refractivity contribution in [3.8, 4) is 5.75 Å². The van der Waals surface area contributed by atoms with Gasteiger partial charge in [-0.05, 0) is 160 Å². The minimum Gasteiger partial charge on any atom is -0.448 e. The van der Waals surface area contributed by atoms with Gasteiger partial charge >= 0.3 is 110 Å². The van der Waals surface area contributed by atoms with Crippen LogP contribution in [-0.4, -0.2) is 176 Å². The Morgan fingerprint density at radius 2 is 0.760 bits per heavy atom. The number of rotatable bonds is 19. The van der Waals surface area contributed by atoms with Crippen molar-refractivity contribution in [1.29, 1.82) is 0 Å². The second-order valence-electron chi connectivity index (χ2n) is 36.1. The quantitative estimate of drug-likeness (QED) is 0.0144. The maximum absolute atomic E-state index is 15.9. The van der Waals surface area contributed by atoms with Crippen LogP contribution in [0.25, 0.3) is 32.7 Å². The van der Waals surface area contributed by atoms with E-state index in [2.05, 4.69) is 24.9 Å². The summed E-state index contributed by atoms with van der Waals surface area (Å²) >= 11 is 0. The largest absolute Gasteiger partial charge is 1.00 e. The Bertz CT molecular complexity index is 5570. The first-order valence-corrected chi connectivity index (χ1v) is 41.7. The van der Waals surface area contributed by atoms with E-state index in [-0.39, 0.29) is 197 Å². The zero-order valence-corrected chi connectivity index (χ0v) is 76.9. The number of halogens is 18. The summed E-state index contributed by atoms with van der Waals surface area (Å²) in [6.45, 7) is 15.3. The van der Waals surface area contributed by atoms with Crippen molar-refractivity contribution in [3.05, 3.63) is 112 Å². The average Bonchev–Trinajstić information content (AvgIpc) is 1.72. The number of fused-ring (bicyclic) bond motifs is 3. The van der Waals surface area contributed by atoms with E-state index >= 15 is 39.5 Å². The molecule has 6 aromatic rings. The maximum atomic E-state index is 15.9. The van der Waals surface area contributed by atoms with Gasteiger partial charge in [-0.1, -0.05) is 7.43 Å². The number of carbonyl (C=O) groups is 5. The molecule has 7 N–H and O–H groups in total. The number of hydrogen-bond acceptors (Lipinski definition) is 19. The van der Waals surface area contributed by atoms with Gasteiger partial charge in [0, 0.05) is 116 Å². The van der Waals surface area contributed by atoms with Gasteiger partial charge in [0.05, 0.1) is 78.3 Å². The Balaban J connectivity index is 0.000000247. The zero-order chi connectivity index (χ0) is 95.5. The van der Waals surface area contributed by atoms with Crippen LogP contribution in [0.2, 0.25) is 0 Å². The van der Waals surface area contributed by atoms with Crippen LogP contribution in [0.15, 0.2) is 32.6 Å². The number of ether oxygens (including phenoxy) is 4. The summed E-state index contributed by atoms with van der Waals surface area (Å²) in [6.07, 6.45) is -6.74. The van der Waals surface area contributed by atoms with Gasteiger partial charge < -0.3 is 96.8 Å². The number of anilines is 3. The molecule has 6 heterocycles. The zero-order valence-electron chi connectivity index (χ0n) is 73.0. The van der Waals surface area contributed by atoms with Gasteiger partial charge in [-0.3, -0.25) is 19.2 Å². The van der Waals surface area contributed by atoms with E-state index < -0.39 is 206 Å². The molecular weight excluding hydrogens is 1800 g/mol. The Kier molecular flexibility index (Phi) is 33.0. The standard InChI is InChI=1S/C29H39F3N4O5.C24H27F6N3O6S.C21H22F6N4O2.C6H12BF3NO2.CH4.K/c1-16-23-20(17(12-19(37)36(23)18-8-9-18)13-33-25(38)40-27(2,3)4)21(30)22(31)24(16)35-11-10-29(32,15-35)14-34-26(39)41-28(5,6)7;1-12-19-16(14(39-40(36,37)24(28,29)30)9-15(34)33(19)13-5-6-13)17(25)18(26)20(12)32-8-7-23(27,11-32)10-31-21(35)38-22(2,3)4;1-10-17-14(11(7-28)6-13(32)31(17)12-2-3-12)15(22)16(23)18(10)30-5-4-20(24,9-30)8-29-19(33)21(25,26)27;1-6(2,3)13-5(12)11-4-7(8,9)10;;/h12,18H,8-11,13-15H2,1-7H3,(H,33,38)(H,34,39);9,13H,5-8,10-11H2,1-4H3,(H,31,35);6,12H,2-5,7-9,28H2,1H3,(H,29,33);4H2,1-3H3,(H,11,12);1H4;/q;;;-1;;+1. The second kappa shape index (κ2) is 39.7. The molecule has 3 aromatic carbocycles. The number of nitrogens with zero attached hydrogens (tertiary/aromatic N) is 6. The average molecular weight is 1910 g/mol. The summed E-state index contributed by atoms with van der Waals surface area (Å²) in [5.41, 5.74) is -11.6. The van der Waals surface area contributed by atoms with Crippen molar-refractivity contribution in [1.82, 2.24) is 40.3 Å². The molecule has 129 heavy (non-hydrogen) atoms. The van der Waals surface area contributed by atoms with Crippen LogP contribution in [0.4, 0.5) is 115 Å². The van der Waals surface area contributed by atoms with Crippen LogP contribution in [-0.2, 0) is 46.9 Å². The number of aromatic nitrogens is 3. The molecule has 5 amide bonds. The first-order valence-electron chi connectivity index (χ1n) is 40.3. The van der Waals surface area contributed by atoms with Crippen LogP contribution in [0.3, 0.4) is 0 Å². The molecular formula is C81H104BF18KN12O15S. The summed E-state index contributed by atoms with van der Waals surface area (Å²) < 4.78 is 302. The molecule has 3 aromatic heterocycles. The van der Waals surface area contributed by atoms with Crippen LogP contribution >= 0.6 is 0 Å². The van der Waals surface area contributed by atoms with Crippen LogP contribution in [0.1, 0.15) is 194 Å². The number of aryl methyl sites for hydroxylation is 3. The SMILES string of the molecule is C.CC(C)(C)OC(=O)NC[B-](F)(F)F.Cc1c(N2CCC(F)(CNC(=O)C(F)(F)F)C2)c(F)c(F)c2c(CN)cc(=O)n(C3CC3)c12.Cc1c(N2CCC(F)(CNC(=O)OC(C)(C)C)C2)c(F)c(F)c2c(CNC(=O)OC(C)(C)C)cc(=O)n(C3CC3)c12.Cc1c(N2CCC(F)(CNC(=O)OC(C)(C)C)C2)c(F)c(F)c2c(OS(=O)(=O)C(F)(F)F)cc(=O)n(C3CC3)c12.[K+]. The fourth-order valence-electron chi connectivity index (χ4n) is 14.9. The first kappa shape index (κ1) is 107. The van der Waals surface area contributed by atoms with Crippen LogP contribution in [0, 0.1) is 55.7 Å². The number of nitrogens with two attached hydrogens (primary N) is 1. The molecule has 12 rings (SSSR count). The monoisotopic (exact) mass is 1910 g/mol. The Morgan fingerprint density at radius 3 is 1.07 bits per heavy atom. The molecule has 3 saturated heterocycles. The Labute approximate surface area is 772 Å². The smallest absolute Gasteiger partial charge is 0.448 e. The summed E-state index contributed by atoms with van der Waals surface area (Å²) in [5, 5.41) is 9.21. The molecule has 0 bridgehead atoms. The van der Waals surface area contributed by atoms with Crippen molar-refractivity contribution in [2.75, 3.05) is 80.0 Å². The van der Waals surface area contributed by atoms with Crippen LogP contribution in [0.5, 0.6) is 5.75 Å². The van der Waals surface area contributed by atoms with Crippen LogP contribution < -0.4 is 119 Å². The number of nitrogens with one attached hydrogen (secondary N) is 5. The molecule has 0 spiro atoms. The fraction of sp³-hybridized carbons (Fsp3) is 0.605. The van der Waals surface area contributed by atoms with Gasteiger partial charge in [0.25, 0.3) is 16.7 Å². The summed E-state index contributed by atoms with van der Waals surface area (Å²) in [6, 6.07) is 1.96. The molecule has 3 saturated carbocycles. The minimum atomic E-state index is -6.33. The van der Waals surface area contributed by atoms with E-state index in [1.54, 1.807) is 95.3 Å². The summed E-state index contributed by atoms with van der Waals surface area (Å²) in [4.78, 5) is 101. The predicted molar refractivity (Wildman–Crippen MR) is 440 cm³/mol. The van der Waals surface area contributed by atoms with Gasteiger partial charge in [-0.25, -0.2) is 58.7 Å². The molecule has 48 heteroatoms. The number of carbonyl (C=O) groups excluding carboxylic acids is 5. The van der Waals surface area contributed by atoms with Gasteiger partial charge in [0.15, 0.2) is 40.7 Å². The molecule has 3 aliphatic carbocycles. The van der Waals surface area contributed by atoms with Gasteiger partial charge in [0.2, 0.25) is 0 Å². The fourth-order valence-corrected chi connectivity index (χ4v) is 15.4. The molecule has 27 nitrogen and oxygen atoms in total. The Hall–Kier alpha value is -8.61. The van der Waals surface area contributed by atoms with Gasteiger partial charge in [0.1, 0.15) is 39.4 Å². The third-order valence-electron chi connectivity index (χ3n) is 20.6. The predicted octanol–water partition coefficient (Wildman–Crippen LogP) is 12.5. The van der Waals surface area contributed by atoms with E-state index in [9.17, 15) is 86.1 Å². The summed E-state index contributed by atoms with van der Waals surface area (Å²) in [5.74, 6) is -11.8. The molecule has 3 aliphatic heterocycles. The topological polar surface area (TPSA) is 328 Å². The van der Waals surface area contributed by atoms with Crippen molar-refractivity contribution >= 4 is 97.1 Å². The van der Waals surface area contributed by atoms with E-state index in [4.69, 9.17) is 19.9 Å². The number of benzene rings is 3. The van der Waals surface area contributed by atoms with E-state index in [1.807, 2.05) is 0 Å². The molecule has 6 fully saturated rings. The maximum Gasteiger partial charge on any atom is 1.00 e.